The molecule has 0 unspecified atom stereocenters. The summed E-state index contributed by atoms with van der Waals surface area (Å²) in [7, 11) is -3.51. The van der Waals surface area contributed by atoms with E-state index in [0.29, 0.717) is 54.3 Å². The molecule has 1 aromatic carbocycles. The maximum atomic E-state index is 12.8. The first-order chi connectivity index (χ1) is 14.2. The van der Waals surface area contributed by atoms with Crippen molar-refractivity contribution < 1.29 is 22.4 Å². The van der Waals surface area contributed by atoms with Gasteiger partial charge < -0.3 is 9.73 Å². The fourth-order valence-corrected chi connectivity index (χ4v) is 5.12. The van der Waals surface area contributed by atoms with Crippen LogP contribution in [-0.4, -0.2) is 43.5 Å². The Morgan fingerprint density at radius 2 is 1.77 bits per heavy atom. The van der Waals surface area contributed by atoms with Crippen LogP contribution in [0.5, 0.6) is 0 Å². The zero-order valence-corrected chi connectivity index (χ0v) is 18.4. The van der Waals surface area contributed by atoms with Crippen LogP contribution >= 0.6 is 0 Å². The number of amides is 1. The molecule has 2 heterocycles. The lowest BCUT2D eigenvalue weighted by Crippen LogP contribution is -2.46. The second-order valence-electron chi connectivity index (χ2n) is 7.80. The number of piperidine rings is 1. The van der Waals surface area contributed by atoms with Crippen LogP contribution in [0.25, 0.3) is 0 Å². The molecular formula is C22H28N2O5S. The predicted octanol–water partition coefficient (Wildman–Crippen LogP) is 3.00. The van der Waals surface area contributed by atoms with Gasteiger partial charge in [-0.25, -0.2) is 8.42 Å². The van der Waals surface area contributed by atoms with Gasteiger partial charge in [0.05, 0.1) is 10.5 Å². The molecule has 1 aliphatic rings. The van der Waals surface area contributed by atoms with Crippen molar-refractivity contribution in [1.82, 2.24) is 9.62 Å². The van der Waals surface area contributed by atoms with Gasteiger partial charge in [0.2, 0.25) is 15.9 Å². The van der Waals surface area contributed by atoms with Crippen molar-refractivity contribution in [1.29, 1.82) is 0 Å². The van der Waals surface area contributed by atoms with Crippen LogP contribution in [0.1, 0.15) is 53.6 Å². The molecule has 1 N–H and O–H groups in total. The second kappa shape index (κ2) is 9.14. The van der Waals surface area contributed by atoms with Gasteiger partial charge in [0.15, 0.2) is 5.78 Å². The third kappa shape index (κ3) is 5.17. The van der Waals surface area contributed by atoms with Gasteiger partial charge in [-0.1, -0.05) is 17.7 Å². The average Bonchev–Trinajstić information content (AvgIpc) is 3.08. The van der Waals surface area contributed by atoms with Crippen LogP contribution in [0.3, 0.4) is 0 Å². The van der Waals surface area contributed by atoms with E-state index in [-0.39, 0.29) is 24.2 Å². The van der Waals surface area contributed by atoms with Crippen molar-refractivity contribution >= 4 is 21.7 Å². The maximum Gasteiger partial charge on any atom is 0.243 e. The van der Waals surface area contributed by atoms with Gasteiger partial charge in [-0.05, 0) is 51.8 Å². The van der Waals surface area contributed by atoms with E-state index in [2.05, 4.69) is 5.32 Å². The summed E-state index contributed by atoms with van der Waals surface area (Å²) in [5, 5.41) is 2.98. The van der Waals surface area contributed by atoms with Gasteiger partial charge in [0.1, 0.15) is 11.5 Å². The molecule has 7 nitrogen and oxygen atoms in total. The Hall–Kier alpha value is -2.45. The van der Waals surface area contributed by atoms with Crippen LogP contribution in [0.4, 0.5) is 0 Å². The molecule has 0 saturated carbocycles. The molecule has 0 radical (unpaired) electrons. The van der Waals surface area contributed by atoms with E-state index >= 15 is 0 Å². The molecule has 0 aliphatic carbocycles. The lowest BCUT2D eigenvalue weighted by Gasteiger charge is -2.31. The highest BCUT2D eigenvalue weighted by atomic mass is 32.2. The third-order valence-corrected chi connectivity index (χ3v) is 7.34. The molecule has 162 valence electrons. The molecule has 3 rings (SSSR count). The number of aryl methyl sites for hydroxylation is 3. The minimum absolute atomic E-state index is 0.0481. The summed E-state index contributed by atoms with van der Waals surface area (Å²) < 4.78 is 32.6. The van der Waals surface area contributed by atoms with Crippen LogP contribution in [0, 0.1) is 13.8 Å². The summed E-state index contributed by atoms with van der Waals surface area (Å²) in [6, 6.07) is 8.49. The Balaban J connectivity index is 1.48. The molecule has 0 bridgehead atoms. The van der Waals surface area contributed by atoms with E-state index in [1.807, 2.05) is 6.92 Å². The predicted molar refractivity (Wildman–Crippen MR) is 113 cm³/mol. The molecule has 1 aliphatic heterocycles. The number of rotatable bonds is 7. The van der Waals surface area contributed by atoms with Crippen molar-refractivity contribution in [2.24, 2.45) is 0 Å². The SMILES string of the molecule is CC(=O)c1cc(CCC(=O)NC2CCN(S(=O)(=O)c3ccc(C)cc3)CC2)oc1C. The third-order valence-electron chi connectivity index (χ3n) is 5.42. The molecule has 2 aromatic rings. The molecule has 0 atom stereocenters. The van der Waals surface area contributed by atoms with Gasteiger partial charge in [-0.2, -0.15) is 4.31 Å². The Morgan fingerprint density at radius 1 is 1.13 bits per heavy atom. The van der Waals surface area contributed by atoms with Crippen LogP contribution < -0.4 is 5.32 Å². The number of Topliss-reactive ketones (excluding diaryl/α,β-unsaturated/α-hetero) is 1. The summed E-state index contributed by atoms with van der Waals surface area (Å²) in [6.45, 7) is 5.89. The first-order valence-electron chi connectivity index (χ1n) is 10.1. The molecule has 1 fully saturated rings. The molecule has 1 amide bonds. The lowest BCUT2D eigenvalue weighted by molar-refractivity contribution is -0.122. The number of nitrogens with one attached hydrogen (secondary N) is 1. The number of carbonyl (C=O) groups is 2. The van der Waals surface area contributed by atoms with Crippen molar-refractivity contribution in [3.05, 3.63) is 53.0 Å². The highest BCUT2D eigenvalue weighted by Crippen LogP contribution is 2.21. The first kappa shape index (κ1) is 22.2. The number of hydrogen-bond acceptors (Lipinski definition) is 5. The number of hydrogen-bond donors (Lipinski definition) is 1. The van der Waals surface area contributed by atoms with Gasteiger partial charge in [-0.15, -0.1) is 0 Å². The molecule has 8 heteroatoms. The van der Waals surface area contributed by atoms with Crippen molar-refractivity contribution in [3.63, 3.8) is 0 Å². The number of furan rings is 1. The van der Waals surface area contributed by atoms with Crippen LogP contribution in [-0.2, 0) is 21.2 Å². The Kier molecular flexibility index (Phi) is 6.77. The molecule has 1 saturated heterocycles. The fraction of sp³-hybridized carbons (Fsp3) is 0.455. The summed E-state index contributed by atoms with van der Waals surface area (Å²) in [6.07, 6.45) is 1.82. The number of carbonyl (C=O) groups excluding carboxylic acids is 2. The highest BCUT2D eigenvalue weighted by molar-refractivity contribution is 7.89. The van der Waals surface area contributed by atoms with E-state index < -0.39 is 10.0 Å². The van der Waals surface area contributed by atoms with Gasteiger partial charge in [0.25, 0.3) is 0 Å². The second-order valence-corrected chi connectivity index (χ2v) is 9.74. The first-order valence-corrected chi connectivity index (χ1v) is 11.6. The number of ketones is 1. The maximum absolute atomic E-state index is 12.8. The summed E-state index contributed by atoms with van der Waals surface area (Å²) in [5.41, 5.74) is 1.56. The molecule has 1 aromatic heterocycles. The topological polar surface area (TPSA) is 96.7 Å². The normalized spacial score (nSPS) is 15.8. The van der Waals surface area contributed by atoms with E-state index in [1.54, 1.807) is 37.3 Å². The van der Waals surface area contributed by atoms with Crippen LogP contribution in [0.15, 0.2) is 39.6 Å². The Labute approximate surface area is 177 Å². The van der Waals surface area contributed by atoms with Gasteiger partial charge in [0, 0.05) is 32.0 Å². The van der Waals surface area contributed by atoms with Crippen molar-refractivity contribution in [2.45, 2.75) is 57.4 Å². The molecule has 0 spiro atoms. The van der Waals surface area contributed by atoms with Gasteiger partial charge >= 0.3 is 0 Å². The van der Waals surface area contributed by atoms with Gasteiger partial charge in [-0.3, -0.25) is 9.59 Å². The Bertz CT molecular complexity index is 1020. The summed E-state index contributed by atoms with van der Waals surface area (Å²) in [5.74, 6) is 1.03. The monoisotopic (exact) mass is 432 g/mol. The number of nitrogens with zero attached hydrogens (tertiary/aromatic N) is 1. The van der Waals surface area contributed by atoms with E-state index in [4.69, 9.17) is 4.42 Å². The quantitative estimate of drug-likeness (QED) is 0.679. The largest absolute Gasteiger partial charge is 0.466 e. The highest BCUT2D eigenvalue weighted by Gasteiger charge is 2.29. The zero-order chi connectivity index (χ0) is 21.9. The lowest BCUT2D eigenvalue weighted by atomic mass is 10.1. The minimum atomic E-state index is -3.51. The van der Waals surface area contributed by atoms with Crippen LogP contribution in [0.2, 0.25) is 0 Å². The standard InChI is InChI=1S/C22H28N2O5S/c1-15-4-7-20(8-5-15)30(27,28)24-12-10-18(11-13-24)23-22(26)9-6-19-14-21(16(2)25)17(3)29-19/h4-5,7-8,14,18H,6,9-13H2,1-3H3,(H,23,26). The smallest absolute Gasteiger partial charge is 0.243 e. The Morgan fingerprint density at radius 3 is 2.33 bits per heavy atom. The number of sulfonamides is 1. The number of benzene rings is 1. The van der Waals surface area contributed by atoms with Crippen molar-refractivity contribution in [3.8, 4) is 0 Å². The summed E-state index contributed by atoms with van der Waals surface area (Å²) in [4.78, 5) is 24.1. The molecular weight excluding hydrogens is 404 g/mol. The van der Waals surface area contributed by atoms with E-state index in [1.165, 1.54) is 11.2 Å². The van der Waals surface area contributed by atoms with E-state index in [0.717, 1.165) is 5.56 Å². The van der Waals surface area contributed by atoms with Crippen molar-refractivity contribution in [2.75, 3.05) is 13.1 Å². The molecule has 30 heavy (non-hydrogen) atoms. The zero-order valence-electron chi connectivity index (χ0n) is 17.6. The minimum Gasteiger partial charge on any atom is -0.466 e. The fourth-order valence-electron chi connectivity index (χ4n) is 3.65. The van der Waals surface area contributed by atoms with E-state index in [9.17, 15) is 18.0 Å². The average molecular weight is 433 g/mol. The summed E-state index contributed by atoms with van der Waals surface area (Å²) >= 11 is 0.